The van der Waals surface area contributed by atoms with Crippen molar-refractivity contribution >= 4 is 15.9 Å². The fourth-order valence-electron chi connectivity index (χ4n) is 2.32. The number of rotatable bonds is 6. The second-order valence-corrected chi connectivity index (χ2v) is 6.20. The van der Waals surface area contributed by atoms with Crippen molar-refractivity contribution < 1.29 is 9.47 Å². The van der Waals surface area contributed by atoms with Gasteiger partial charge >= 0.3 is 0 Å². The van der Waals surface area contributed by atoms with Gasteiger partial charge in [-0.1, -0.05) is 6.07 Å². The molecule has 20 heavy (non-hydrogen) atoms. The van der Waals surface area contributed by atoms with Gasteiger partial charge in [0.05, 0.1) is 30.9 Å². The van der Waals surface area contributed by atoms with E-state index in [-0.39, 0.29) is 5.41 Å². The number of ether oxygens (including phenoxy) is 2. The van der Waals surface area contributed by atoms with Crippen LogP contribution >= 0.6 is 15.9 Å². The molecule has 2 rings (SSSR count). The molecule has 1 aliphatic heterocycles. The van der Waals surface area contributed by atoms with Crippen molar-refractivity contribution in [3.05, 3.63) is 28.2 Å². The van der Waals surface area contributed by atoms with Gasteiger partial charge in [0.25, 0.3) is 0 Å². The molecule has 0 unspecified atom stereocenters. The van der Waals surface area contributed by atoms with Crippen LogP contribution in [0.2, 0.25) is 0 Å². The SMILES string of the molecule is COc1ccc(CCN(C)CC2(C#N)COC2)cc1Br. The highest BCUT2D eigenvalue weighted by molar-refractivity contribution is 9.10. The zero-order valence-electron chi connectivity index (χ0n) is 11.9. The number of hydrogen-bond donors (Lipinski definition) is 0. The Balaban J connectivity index is 1.86. The van der Waals surface area contributed by atoms with Crippen LogP contribution in [0, 0.1) is 16.7 Å². The van der Waals surface area contributed by atoms with E-state index in [4.69, 9.17) is 9.47 Å². The van der Waals surface area contributed by atoms with Crippen LogP contribution in [0.3, 0.4) is 0 Å². The van der Waals surface area contributed by atoms with E-state index in [1.807, 2.05) is 6.07 Å². The molecule has 1 aromatic rings. The summed E-state index contributed by atoms with van der Waals surface area (Å²) in [5.74, 6) is 0.845. The maximum absolute atomic E-state index is 9.19. The first-order chi connectivity index (χ1) is 9.58. The van der Waals surface area contributed by atoms with Crippen molar-refractivity contribution in [1.82, 2.24) is 4.90 Å². The van der Waals surface area contributed by atoms with Crippen molar-refractivity contribution in [3.8, 4) is 11.8 Å². The number of hydrogen-bond acceptors (Lipinski definition) is 4. The molecule has 1 saturated heterocycles. The van der Waals surface area contributed by atoms with Gasteiger partial charge in [0.15, 0.2) is 0 Å². The normalized spacial score (nSPS) is 16.6. The lowest BCUT2D eigenvalue weighted by atomic mass is 9.87. The van der Waals surface area contributed by atoms with E-state index in [0.717, 1.165) is 29.7 Å². The molecule has 0 aromatic heterocycles. The molecule has 0 N–H and O–H groups in total. The van der Waals surface area contributed by atoms with Crippen LogP contribution < -0.4 is 4.74 Å². The lowest BCUT2D eigenvalue weighted by Gasteiger charge is -2.38. The molecule has 0 bridgehead atoms. The van der Waals surface area contributed by atoms with Crippen molar-refractivity contribution in [3.63, 3.8) is 0 Å². The smallest absolute Gasteiger partial charge is 0.133 e. The van der Waals surface area contributed by atoms with Gasteiger partial charge in [0, 0.05) is 13.1 Å². The molecule has 1 fully saturated rings. The second kappa shape index (κ2) is 6.57. The third kappa shape index (κ3) is 3.51. The summed E-state index contributed by atoms with van der Waals surface area (Å²) >= 11 is 3.50. The van der Waals surface area contributed by atoms with Crippen LogP contribution in [-0.2, 0) is 11.2 Å². The van der Waals surface area contributed by atoms with E-state index < -0.39 is 0 Å². The molecule has 1 aliphatic rings. The topological polar surface area (TPSA) is 45.5 Å². The first kappa shape index (κ1) is 15.3. The molecule has 1 aromatic carbocycles. The van der Waals surface area contributed by atoms with Gasteiger partial charge in [-0.15, -0.1) is 0 Å². The maximum Gasteiger partial charge on any atom is 0.133 e. The van der Waals surface area contributed by atoms with Crippen molar-refractivity contribution in [2.24, 2.45) is 5.41 Å². The quantitative estimate of drug-likeness (QED) is 0.799. The molecule has 0 radical (unpaired) electrons. The van der Waals surface area contributed by atoms with E-state index in [9.17, 15) is 5.26 Å². The molecule has 0 spiro atoms. The zero-order chi connectivity index (χ0) is 14.6. The lowest BCUT2D eigenvalue weighted by Crippen LogP contribution is -2.49. The van der Waals surface area contributed by atoms with Crippen LogP contribution in [0.1, 0.15) is 5.56 Å². The molecule has 0 amide bonds. The highest BCUT2D eigenvalue weighted by Crippen LogP contribution is 2.28. The Morgan fingerprint density at radius 2 is 2.25 bits per heavy atom. The monoisotopic (exact) mass is 338 g/mol. The Bertz CT molecular complexity index is 509. The lowest BCUT2D eigenvalue weighted by molar-refractivity contribution is -0.0886. The fraction of sp³-hybridized carbons (Fsp3) is 0.533. The Morgan fingerprint density at radius 3 is 2.75 bits per heavy atom. The number of nitriles is 1. The molecule has 5 heteroatoms. The van der Waals surface area contributed by atoms with Crippen molar-refractivity contribution in [2.75, 3.05) is 40.5 Å². The van der Waals surface area contributed by atoms with E-state index >= 15 is 0 Å². The Kier molecular flexibility index (Phi) is 5.03. The molecule has 0 aliphatic carbocycles. The zero-order valence-corrected chi connectivity index (χ0v) is 13.4. The third-order valence-corrected chi connectivity index (χ3v) is 4.18. The summed E-state index contributed by atoms with van der Waals surface area (Å²) in [7, 11) is 3.71. The van der Waals surface area contributed by atoms with Gasteiger partial charge in [-0.05, 0) is 47.1 Å². The fourth-order valence-corrected chi connectivity index (χ4v) is 2.91. The first-order valence-electron chi connectivity index (χ1n) is 6.58. The number of benzene rings is 1. The first-order valence-corrected chi connectivity index (χ1v) is 7.38. The molecule has 4 nitrogen and oxygen atoms in total. The highest BCUT2D eigenvalue weighted by atomic mass is 79.9. The Hall–Kier alpha value is -1.09. The Labute approximate surface area is 128 Å². The molecule has 1 heterocycles. The molecular formula is C15H19BrN2O2. The largest absolute Gasteiger partial charge is 0.496 e. The van der Waals surface area contributed by atoms with E-state index in [2.05, 4.69) is 46.1 Å². The van der Waals surface area contributed by atoms with E-state index in [1.165, 1.54) is 5.56 Å². The predicted molar refractivity (Wildman–Crippen MR) is 80.8 cm³/mol. The summed E-state index contributed by atoms with van der Waals surface area (Å²) in [6, 6.07) is 8.50. The van der Waals surface area contributed by atoms with Crippen LogP contribution in [0.15, 0.2) is 22.7 Å². The summed E-state index contributed by atoms with van der Waals surface area (Å²) in [4.78, 5) is 2.20. The maximum atomic E-state index is 9.19. The average Bonchev–Trinajstić information content (AvgIpc) is 2.41. The number of likely N-dealkylation sites (N-methyl/N-ethyl adjacent to an activating group) is 1. The van der Waals surface area contributed by atoms with Gasteiger partial charge in [0.2, 0.25) is 0 Å². The van der Waals surface area contributed by atoms with E-state index in [1.54, 1.807) is 7.11 Å². The minimum absolute atomic E-state index is 0.296. The molecule has 0 saturated carbocycles. The van der Waals surface area contributed by atoms with Crippen molar-refractivity contribution in [2.45, 2.75) is 6.42 Å². The third-order valence-electron chi connectivity index (χ3n) is 3.56. The standard InChI is InChI=1S/C15H19BrN2O2/c1-18(9-15(8-17)10-20-11-15)6-5-12-3-4-14(19-2)13(16)7-12/h3-4,7H,5-6,9-11H2,1-2H3. The van der Waals surface area contributed by atoms with E-state index in [0.29, 0.717) is 13.2 Å². The molecule has 0 atom stereocenters. The summed E-state index contributed by atoms with van der Waals surface area (Å²) in [5, 5.41) is 9.19. The summed E-state index contributed by atoms with van der Waals surface area (Å²) < 4.78 is 11.4. The summed E-state index contributed by atoms with van der Waals surface area (Å²) in [6.45, 7) is 2.80. The summed E-state index contributed by atoms with van der Waals surface area (Å²) in [5.41, 5.74) is 0.954. The highest BCUT2D eigenvalue weighted by Gasteiger charge is 2.39. The number of nitrogens with zero attached hydrogens (tertiary/aromatic N) is 2. The van der Waals surface area contributed by atoms with Crippen LogP contribution in [0.5, 0.6) is 5.75 Å². The minimum atomic E-state index is -0.296. The van der Waals surface area contributed by atoms with Crippen LogP contribution in [0.25, 0.3) is 0 Å². The van der Waals surface area contributed by atoms with Gasteiger partial charge in [-0.3, -0.25) is 0 Å². The number of halogens is 1. The summed E-state index contributed by atoms with van der Waals surface area (Å²) in [6.07, 6.45) is 0.946. The minimum Gasteiger partial charge on any atom is -0.496 e. The number of methoxy groups -OCH3 is 1. The van der Waals surface area contributed by atoms with Crippen LogP contribution in [0.4, 0.5) is 0 Å². The molecule has 108 valence electrons. The average molecular weight is 339 g/mol. The second-order valence-electron chi connectivity index (χ2n) is 5.34. The van der Waals surface area contributed by atoms with Crippen LogP contribution in [-0.4, -0.2) is 45.4 Å². The molecular weight excluding hydrogens is 320 g/mol. The van der Waals surface area contributed by atoms with Gasteiger partial charge in [0.1, 0.15) is 11.2 Å². The predicted octanol–water partition coefficient (Wildman–Crippen LogP) is 2.47. The van der Waals surface area contributed by atoms with Crippen molar-refractivity contribution in [1.29, 1.82) is 5.26 Å². The Morgan fingerprint density at radius 1 is 1.50 bits per heavy atom. The van der Waals surface area contributed by atoms with Gasteiger partial charge in [-0.2, -0.15) is 5.26 Å². The van der Waals surface area contributed by atoms with Gasteiger partial charge in [-0.25, -0.2) is 0 Å². The van der Waals surface area contributed by atoms with Gasteiger partial charge < -0.3 is 14.4 Å².